The van der Waals surface area contributed by atoms with Crippen molar-refractivity contribution in [1.29, 1.82) is 0 Å². The monoisotopic (exact) mass is 432 g/mol. The van der Waals surface area contributed by atoms with Crippen molar-refractivity contribution in [2.75, 3.05) is 6.61 Å². The fourth-order valence-electron chi connectivity index (χ4n) is 4.24. The molecule has 6 aromatic rings. The first-order chi connectivity index (χ1) is 15.6. The maximum atomic E-state index is 14.0. The van der Waals surface area contributed by atoms with Gasteiger partial charge in [-0.3, -0.25) is 0 Å². The summed E-state index contributed by atoms with van der Waals surface area (Å²) in [4.78, 5) is 8.25. The van der Waals surface area contributed by atoms with Crippen molar-refractivity contribution in [1.82, 2.24) is 30.2 Å². The van der Waals surface area contributed by atoms with Gasteiger partial charge in [-0.15, -0.1) is 10.2 Å². The number of rotatable bonds is 5. The highest BCUT2D eigenvalue weighted by Crippen LogP contribution is 2.41. The van der Waals surface area contributed by atoms with Crippen LogP contribution in [0.5, 0.6) is 5.75 Å². The van der Waals surface area contributed by atoms with E-state index >= 15 is 0 Å². The van der Waals surface area contributed by atoms with Gasteiger partial charge >= 0.3 is 0 Å². The first-order valence-corrected chi connectivity index (χ1v) is 10.3. The number of fused-ring (bicyclic) bond motifs is 6. The van der Waals surface area contributed by atoms with Gasteiger partial charge in [0.25, 0.3) is 0 Å². The number of nitrogens with zero attached hydrogens (tertiary/aromatic N) is 4. The lowest BCUT2D eigenvalue weighted by atomic mass is 10.1. The number of halogens is 2. The molecule has 0 atom stereocenters. The quantitative estimate of drug-likeness (QED) is 0.376. The zero-order chi connectivity index (χ0) is 21.8. The fraction of sp³-hybridized carbons (Fsp3) is 0.174. The molecule has 0 aliphatic rings. The van der Waals surface area contributed by atoms with Crippen LogP contribution >= 0.6 is 0 Å². The van der Waals surface area contributed by atoms with Crippen LogP contribution in [-0.4, -0.2) is 36.8 Å². The van der Waals surface area contributed by atoms with Crippen LogP contribution in [0.25, 0.3) is 43.6 Å². The molecular formula is C23H18F2N6O. The summed E-state index contributed by atoms with van der Waals surface area (Å²) in [5.74, 6) is 0.601. The van der Waals surface area contributed by atoms with Crippen molar-refractivity contribution in [3.63, 3.8) is 0 Å². The number of ether oxygens (including phenoxy) is 1. The van der Waals surface area contributed by atoms with Crippen molar-refractivity contribution in [3.8, 4) is 5.75 Å². The first kappa shape index (κ1) is 18.7. The van der Waals surface area contributed by atoms with Gasteiger partial charge in [0.05, 0.1) is 24.2 Å². The Bertz CT molecular complexity index is 1540. The Labute approximate surface area is 180 Å². The second-order valence-corrected chi connectivity index (χ2v) is 7.82. The predicted molar refractivity (Wildman–Crippen MR) is 118 cm³/mol. The minimum absolute atomic E-state index is 0.318. The Morgan fingerprint density at radius 3 is 2.06 bits per heavy atom. The summed E-state index contributed by atoms with van der Waals surface area (Å²) >= 11 is 0. The Balaban J connectivity index is 1.49. The second kappa shape index (κ2) is 7.01. The van der Waals surface area contributed by atoms with Crippen molar-refractivity contribution in [2.45, 2.75) is 19.9 Å². The van der Waals surface area contributed by atoms with Crippen LogP contribution in [0.4, 0.5) is 8.78 Å². The summed E-state index contributed by atoms with van der Waals surface area (Å²) in [5, 5.41) is 15.2. The molecule has 0 amide bonds. The van der Waals surface area contributed by atoms with Crippen LogP contribution in [0.1, 0.15) is 12.2 Å². The molecule has 3 heterocycles. The molecule has 3 aromatic heterocycles. The van der Waals surface area contributed by atoms with E-state index in [0.29, 0.717) is 31.1 Å². The lowest BCUT2D eigenvalue weighted by molar-refractivity contribution is 0.298. The summed E-state index contributed by atoms with van der Waals surface area (Å²) in [5.41, 5.74) is 3.13. The van der Waals surface area contributed by atoms with Gasteiger partial charge in [0, 0.05) is 39.0 Å². The third kappa shape index (κ3) is 2.96. The summed E-state index contributed by atoms with van der Waals surface area (Å²) in [6.45, 7) is 2.76. The number of hydrogen-bond acceptors (Lipinski definition) is 4. The summed E-state index contributed by atoms with van der Waals surface area (Å²) in [6, 6.07) is 11.2. The first-order valence-electron chi connectivity index (χ1n) is 10.3. The van der Waals surface area contributed by atoms with Crippen molar-refractivity contribution in [3.05, 3.63) is 59.9 Å². The van der Waals surface area contributed by atoms with Gasteiger partial charge in [0.2, 0.25) is 0 Å². The number of benzene rings is 3. The van der Waals surface area contributed by atoms with Crippen LogP contribution in [0, 0.1) is 18.6 Å². The number of aromatic nitrogens is 6. The summed E-state index contributed by atoms with van der Waals surface area (Å²) in [7, 11) is 0. The van der Waals surface area contributed by atoms with E-state index in [2.05, 4.69) is 25.4 Å². The molecule has 0 saturated carbocycles. The third-order valence-corrected chi connectivity index (χ3v) is 5.65. The zero-order valence-electron chi connectivity index (χ0n) is 17.1. The number of H-pyrrole nitrogens is 2. The van der Waals surface area contributed by atoms with Crippen molar-refractivity contribution >= 4 is 43.6 Å². The van der Waals surface area contributed by atoms with Gasteiger partial charge in [-0.25, -0.2) is 8.78 Å². The molecule has 0 fully saturated rings. The van der Waals surface area contributed by atoms with Crippen LogP contribution in [0.2, 0.25) is 0 Å². The summed E-state index contributed by atoms with van der Waals surface area (Å²) < 4.78 is 34.2. The minimum Gasteiger partial charge on any atom is -0.489 e. The average Bonchev–Trinajstić information content (AvgIpc) is 3.46. The van der Waals surface area contributed by atoms with Gasteiger partial charge in [-0.2, -0.15) is 4.80 Å². The van der Waals surface area contributed by atoms with Gasteiger partial charge in [-0.05, 0) is 54.6 Å². The molecule has 0 bridgehead atoms. The molecule has 0 radical (unpaired) electrons. The van der Waals surface area contributed by atoms with E-state index in [4.69, 9.17) is 4.74 Å². The normalized spacial score (nSPS) is 12.0. The van der Waals surface area contributed by atoms with Crippen LogP contribution in [0.3, 0.4) is 0 Å². The molecule has 6 rings (SSSR count). The molecule has 0 saturated heterocycles. The standard InChI is InChI=1S/C23H18F2N6O/c1-12-28-30-31(29-12)7-2-8-32-23-21-17(15-9-13(24)3-5-19(15)26-21)11-18-16-10-14(25)4-6-20(16)27-22(18)23/h3-6,9-11,26-27H,2,7-8H2,1H3. The van der Waals surface area contributed by atoms with Gasteiger partial charge in [0.15, 0.2) is 11.6 Å². The van der Waals surface area contributed by atoms with Gasteiger partial charge < -0.3 is 14.7 Å². The van der Waals surface area contributed by atoms with E-state index < -0.39 is 0 Å². The van der Waals surface area contributed by atoms with Crippen LogP contribution < -0.4 is 4.74 Å². The lowest BCUT2D eigenvalue weighted by Crippen LogP contribution is -2.08. The number of hydrogen-bond donors (Lipinski definition) is 2. The zero-order valence-corrected chi connectivity index (χ0v) is 17.1. The van der Waals surface area contributed by atoms with Gasteiger partial charge in [-0.1, -0.05) is 0 Å². The molecule has 32 heavy (non-hydrogen) atoms. The van der Waals surface area contributed by atoms with E-state index in [0.717, 1.165) is 43.6 Å². The van der Waals surface area contributed by atoms with Gasteiger partial charge in [0.1, 0.15) is 11.6 Å². The number of tetrazole rings is 1. The molecule has 7 nitrogen and oxygen atoms in total. The molecule has 3 aromatic carbocycles. The largest absolute Gasteiger partial charge is 0.489 e. The molecule has 0 spiro atoms. The van der Waals surface area contributed by atoms with Crippen molar-refractivity contribution < 1.29 is 13.5 Å². The predicted octanol–water partition coefficient (Wildman–Crippen LogP) is 5.00. The highest BCUT2D eigenvalue weighted by atomic mass is 19.1. The van der Waals surface area contributed by atoms with Crippen LogP contribution in [-0.2, 0) is 6.54 Å². The molecule has 2 N–H and O–H groups in total. The molecule has 0 aliphatic carbocycles. The molecule has 160 valence electrons. The number of aryl methyl sites for hydroxylation is 2. The second-order valence-electron chi connectivity index (χ2n) is 7.82. The topological polar surface area (TPSA) is 84.4 Å². The lowest BCUT2D eigenvalue weighted by Gasteiger charge is -2.09. The van der Waals surface area contributed by atoms with E-state index in [-0.39, 0.29) is 11.6 Å². The Morgan fingerprint density at radius 1 is 0.875 bits per heavy atom. The highest BCUT2D eigenvalue weighted by molar-refractivity contribution is 6.20. The van der Waals surface area contributed by atoms with Crippen molar-refractivity contribution in [2.24, 2.45) is 0 Å². The molecule has 9 heteroatoms. The third-order valence-electron chi connectivity index (χ3n) is 5.65. The molecular weight excluding hydrogens is 414 g/mol. The smallest absolute Gasteiger partial charge is 0.171 e. The SMILES string of the molecule is Cc1nnn(CCCOc2c3[nH]c4ccc(F)cc4c3cc3c2[nH]c2ccc(F)cc23)n1. The highest BCUT2D eigenvalue weighted by Gasteiger charge is 2.18. The molecule has 0 unspecified atom stereocenters. The Morgan fingerprint density at radius 2 is 1.50 bits per heavy atom. The Hall–Kier alpha value is -4.01. The summed E-state index contributed by atoms with van der Waals surface area (Å²) in [6.07, 6.45) is 0.664. The van der Waals surface area contributed by atoms with E-state index in [9.17, 15) is 8.78 Å². The van der Waals surface area contributed by atoms with E-state index in [1.54, 1.807) is 19.1 Å². The van der Waals surface area contributed by atoms with Crippen LogP contribution in [0.15, 0.2) is 42.5 Å². The maximum absolute atomic E-state index is 14.0. The minimum atomic E-state index is -0.318. The number of aromatic amines is 2. The maximum Gasteiger partial charge on any atom is 0.171 e. The fourth-order valence-corrected chi connectivity index (χ4v) is 4.24. The van der Waals surface area contributed by atoms with E-state index in [1.165, 1.54) is 29.1 Å². The molecule has 0 aliphatic heterocycles. The number of nitrogens with one attached hydrogen (secondary N) is 2. The average molecular weight is 432 g/mol. The van der Waals surface area contributed by atoms with E-state index in [1.807, 2.05) is 6.07 Å². The Kier molecular flexibility index (Phi) is 4.11.